The molecule has 4 aliphatic heterocycles. The lowest BCUT2D eigenvalue weighted by Crippen LogP contribution is -2.51. The van der Waals surface area contributed by atoms with Gasteiger partial charge in [-0.3, -0.25) is 0 Å². The topological polar surface area (TPSA) is 77.0 Å². The summed E-state index contributed by atoms with van der Waals surface area (Å²) in [6.07, 6.45) is 12.3. The van der Waals surface area contributed by atoms with Crippen LogP contribution in [0.5, 0.6) is 11.8 Å². The second-order valence-corrected chi connectivity index (χ2v) is 15.7. The van der Waals surface area contributed by atoms with Gasteiger partial charge in [-0.25, -0.2) is 13.2 Å². The fourth-order valence-corrected chi connectivity index (χ4v) is 9.32. The van der Waals surface area contributed by atoms with E-state index in [4.69, 9.17) is 16.1 Å². The van der Waals surface area contributed by atoms with Crippen molar-refractivity contribution in [3.05, 3.63) is 53.3 Å². The second-order valence-electron chi connectivity index (χ2n) is 15.7. The number of phenolic OH excluding ortho intramolecular Hbond substituents is 1. The maximum Gasteiger partial charge on any atom is 0.319 e. The molecular weight excluding hydrogens is 641 g/mol. The van der Waals surface area contributed by atoms with Crippen molar-refractivity contribution in [2.24, 2.45) is 10.8 Å². The van der Waals surface area contributed by atoms with E-state index in [1.54, 1.807) is 0 Å². The Morgan fingerprint density at radius 2 is 1.78 bits per heavy atom. The minimum Gasteiger partial charge on any atom is -0.508 e. The van der Waals surface area contributed by atoms with Gasteiger partial charge in [-0.05, 0) is 93.7 Å². The summed E-state index contributed by atoms with van der Waals surface area (Å²) >= 11 is 0. The largest absolute Gasteiger partial charge is 0.508 e. The van der Waals surface area contributed by atoms with Gasteiger partial charge in [-0.1, -0.05) is 12.0 Å². The van der Waals surface area contributed by atoms with Crippen molar-refractivity contribution in [3.63, 3.8) is 0 Å². The molecule has 4 aromatic rings. The number of phenols is 1. The van der Waals surface area contributed by atoms with Gasteiger partial charge >= 0.3 is 6.01 Å². The van der Waals surface area contributed by atoms with E-state index in [1.807, 2.05) is 0 Å². The van der Waals surface area contributed by atoms with Crippen LogP contribution in [0.25, 0.3) is 32.8 Å². The van der Waals surface area contributed by atoms with E-state index in [0.717, 1.165) is 58.4 Å². The number of benzene rings is 3. The standard InChI is InChI=1S/C39H41F3N6O2/c1-3-27-30(40)7-4-23-14-26(49)15-28(32(23)27)33-31(41)16-29-35(34(33)42)44-37(45-36(29)48-17-24-5-6-25(18-48)43-24)50-22-39(8-9-39)21-47-13-11-38(20-47)10-12-46(2)19-38/h1,4,7,14-16,24-25,43,49H,5-6,8-13,17-22H2,2H3. The number of hydrogen-bond donors (Lipinski definition) is 2. The van der Waals surface area contributed by atoms with Gasteiger partial charge in [-0.15, -0.1) is 6.42 Å². The first-order valence-electron chi connectivity index (χ1n) is 17.8. The van der Waals surface area contributed by atoms with E-state index >= 15 is 8.78 Å². The van der Waals surface area contributed by atoms with Gasteiger partial charge in [0.1, 0.15) is 28.7 Å². The van der Waals surface area contributed by atoms with E-state index in [0.29, 0.717) is 36.3 Å². The zero-order valence-electron chi connectivity index (χ0n) is 28.2. The highest BCUT2D eigenvalue weighted by Crippen LogP contribution is 2.49. The molecule has 5 heterocycles. The molecule has 50 heavy (non-hydrogen) atoms. The number of halogens is 3. The molecule has 1 spiro atoms. The van der Waals surface area contributed by atoms with Crippen molar-refractivity contribution in [2.75, 3.05) is 64.4 Å². The number of likely N-dealkylation sites (tertiary alicyclic amines) is 2. The Balaban J connectivity index is 1.10. The first-order valence-corrected chi connectivity index (χ1v) is 17.8. The predicted octanol–water partition coefficient (Wildman–Crippen LogP) is 5.68. The van der Waals surface area contributed by atoms with Crippen LogP contribution in [0.1, 0.15) is 44.1 Å². The zero-order valence-corrected chi connectivity index (χ0v) is 28.2. The summed E-state index contributed by atoms with van der Waals surface area (Å²) in [5, 5.41) is 14.9. The molecule has 1 aliphatic carbocycles. The number of piperazine rings is 1. The fraction of sp³-hybridized carbons (Fsp3) is 0.487. The van der Waals surface area contributed by atoms with Gasteiger partial charge in [-0.2, -0.15) is 9.97 Å². The summed E-state index contributed by atoms with van der Waals surface area (Å²) in [5.41, 5.74) is -0.358. The van der Waals surface area contributed by atoms with Gasteiger partial charge < -0.3 is 29.9 Å². The molecule has 1 saturated carbocycles. The highest BCUT2D eigenvalue weighted by molar-refractivity contribution is 6.04. The summed E-state index contributed by atoms with van der Waals surface area (Å²) in [6, 6.07) is 7.02. The molecule has 8 nitrogen and oxygen atoms in total. The molecule has 1 aromatic heterocycles. The van der Waals surface area contributed by atoms with E-state index in [1.165, 1.54) is 43.2 Å². The number of nitrogens with zero attached hydrogens (tertiary/aromatic N) is 5. The Hall–Kier alpha value is -4.11. The average Bonchev–Trinajstić information content (AvgIpc) is 3.39. The third-order valence-corrected chi connectivity index (χ3v) is 12.0. The van der Waals surface area contributed by atoms with Crippen LogP contribution in [0.2, 0.25) is 0 Å². The van der Waals surface area contributed by atoms with Crippen molar-refractivity contribution in [1.29, 1.82) is 0 Å². The molecule has 2 N–H and O–H groups in total. The summed E-state index contributed by atoms with van der Waals surface area (Å²) < 4.78 is 54.6. The monoisotopic (exact) mass is 682 g/mol. The maximum absolute atomic E-state index is 17.0. The number of nitrogens with one attached hydrogen (secondary N) is 1. The molecule has 3 atom stereocenters. The van der Waals surface area contributed by atoms with Crippen molar-refractivity contribution in [2.45, 2.75) is 50.6 Å². The summed E-state index contributed by atoms with van der Waals surface area (Å²) in [6.45, 7) is 7.15. The van der Waals surface area contributed by atoms with Crippen LogP contribution in [0.3, 0.4) is 0 Å². The summed E-state index contributed by atoms with van der Waals surface area (Å²) in [4.78, 5) is 16.5. The van der Waals surface area contributed by atoms with E-state index < -0.39 is 23.0 Å². The molecule has 3 aromatic carbocycles. The van der Waals surface area contributed by atoms with Gasteiger partial charge in [0.05, 0.1) is 17.7 Å². The lowest BCUT2D eigenvalue weighted by atomic mass is 9.86. The molecule has 0 amide bonds. The number of anilines is 1. The Kier molecular flexibility index (Phi) is 7.46. The van der Waals surface area contributed by atoms with Crippen LogP contribution in [0.15, 0.2) is 30.3 Å². The molecular formula is C39H41F3N6O2. The van der Waals surface area contributed by atoms with E-state index in [2.05, 4.69) is 38.0 Å². The van der Waals surface area contributed by atoms with Crippen LogP contribution in [-0.2, 0) is 0 Å². The van der Waals surface area contributed by atoms with Crippen molar-refractivity contribution < 1.29 is 23.0 Å². The van der Waals surface area contributed by atoms with Crippen LogP contribution in [-0.4, -0.2) is 96.4 Å². The van der Waals surface area contributed by atoms with Crippen LogP contribution >= 0.6 is 0 Å². The van der Waals surface area contributed by atoms with Gasteiger partial charge in [0.15, 0.2) is 5.82 Å². The Bertz CT molecular complexity index is 2070. The van der Waals surface area contributed by atoms with Crippen LogP contribution < -0.4 is 15.0 Å². The molecule has 11 heteroatoms. The highest BCUT2D eigenvalue weighted by atomic mass is 19.1. The average molecular weight is 683 g/mol. The van der Waals surface area contributed by atoms with Crippen molar-refractivity contribution >= 4 is 27.5 Å². The first-order chi connectivity index (χ1) is 24.1. The number of rotatable bonds is 7. The van der Waals surface area contributed by atoms with Gasteiger partial charge in [0, 0.05) is 66.6 Å². The summed E-state index contributed by atoms with van der Waals surface area (Å²) in [7, 11) is 2.21. The lowest BCUT2D eigenvalue weighted by Gasteiger charge is -2.34. The third kappa shape index (κ3) is 5.43. The molecule has 5 aliphatic rings. The minimum atomic E-state index is -0.948. The van der Waals surface area contributed by atoms with Crippen LogP contribution in [0.4, 0.5) is 19.0 Å². The predicted molar refractivity (Wildman–Crippen MR) is 187 cm³/mol. The summed E-state index contributed by atoms with van der Waals surface area (Å²) in [5.74, 6) is -0.00550. The molecule has 4 saturated heterocycles. The number of ether oxygens (including phenoxy) is 1. The number of aromatic nitrogens is 2. The highest BCUT2D eigenvalue weighted by Gasteiger charge is 2.49. The number of aromatic hydroxyl groups is 1. The smallest absolute Gasteiger partial charge is 0.319 e. The molecule has 9 rings (SSSR count). The first kappa shape index (κ1) is 31.8. The number of hydrogen-bond acceptors (Lipinski definition) is 8. The number of fused-ring (bicyclic) bond motifs is 4. The SMILES string of the molecule is C#Cc1c(F)ccc2cc(O)cc(-c3c(F)cc4c(N5CC6CCC(C5)N6)nc(OCC5(CN6CCC7(CCN(C)C7)C6)CC5)nc4c3F)c12. The molecule has 260 valence electrons. The van der Waals surface area contributed by atoms with Crippen LogP contribution in [0, 0.1) is 40.6 Å². The Morgan fingerprint density at radius 1 is 1.00 bits per heavy atom. The Morgan fingerprint density at radius 3 is 2.50 bits per heavy atom. The number of terminal acetylenes is 1. The Labute approximate surface area is 289 Å². The van der Waals surface area contributed by atoms with Crippen molar-refractivity contribution in [1.82, 2.24) is 25.1 Å². The van der Waals surface area contributed by atoms with E-state index in [9.17, 15) is 9.50 Å². The fourth-order valence-electron chi connectivity index (χ4n) is 9.32. The van der Waals surface area contributed by atoms with Crippen molar-refractivity contribution in [3.8, 4) is 35.2 Å². The minimum absolute atomic E-state index is 0.00858. The zero-order chi connectivity index (χ0) is 34.4. The third-order valence-electron chi connectivity index (χ3n) is 12.0. The second kappa shape index (κ2) is 11.7. The van der Waals surface area contributed by atoms with Gasteiger partial charge in [0.25, 0.3) is 0 Å². The molecule has 0 radical (unpaired) electrons. The normalized spacial score (nSPS) is 26.0. The lowest BCUT2D eigenvalue weighted by molar-refractivity contribution is 0.159. The molecule has 3 unspecified atom stereocenters. The maximum atomic E-state index is 17.0. The van der Waals surface area contributed by atoms with E-state index in [-0.39, 0.29) is 56.7 Å². The quantitative estimate of drug-likeness (QED) is 0.241. The molecule has 5 fully saturated rings. The molecule has 2 bridgehead atoms. The van der Waals surface area contributed by atoms with Gasteiger partial charge in [0.2, 0.25) is 0 Å².